The average molecular weight is 288 g/mol. The summed E-state index contributed by atoms with van der Waals surface area (Å²) in [5.74, 6) is -2.48. The Labute approximate surface area is 119 Å². The Morgan fingerprint density at radius 2 is 2.05 bits per heavy atom. The van der Waals surface area contributed by atoms with Crippen LogP contribution in [0.5, 0.6) is 0 Å². The van der Waals surface area contributed by atoms with Gasteiger partial charge in [-0.3, -0.25) is 9.59 Å². The van der Waals surface area contributed by atoms with Crippen molar-refractivity contribution in [3.63, 3.8) is 0 Å². The van der Waals surface area contributed by atoms with Crippen molar-refractivity contribution in [3.05, 3.63) is 29.2 Å². The summed E-state index contributed by atoms with van der Waals surface area (Å²) in [6.45, 7) is 0. The standard InChI is InChI=1S/C14H12N2O3S/c15-6-9-3-4-20-13(9)16-12(17)10-7-1-2-8(5-7)11(10)14(18)19/h1-4,7-8,10-11H,5H2,(H,16,17)(H,18,19)/t7-,8-,10+,11+/m0/s1. The normalized spacial score (nSPS) is 30.1. The second-order valence-electron chi connectivity index (χ2n) is 5.10. The molecule has 0 saturated heterocycles. The molecule has 4 atom stereocenters. The number of carboxylic acid groups (broad SMARTS) is 1. The Balaban J connectivity index is 1.82. The number of carbonyl (C=O) groups excluding carboxylic acids is 1. The summed E-state index contributed by atoms with van der Waals surface area (Å²) in [6.07, 6.45) is 4.57. The van der Waals surface area contributed by atoms with Gasteiger partial charge in [0.15, 0.2) is 0 Å². The van der Waals surface area contributed by atoms with Crippen LogP contribution in [0.2, 0.25) is 0 Å². The van der Waals surface area contributed by atoms with Gasteiger partial charge in [-0.15, -0.1) is 11.3 Å². The second-order valence-corrected chi connectivity index (χ2v) is 6.02. The van der Waals surface area contributed by atoms with Gasteiger partial charge in [0, 0.05) is 0 Å². The first-order valence-electron chi connectivity index (χ1n) is 6.31. The molecular formula is C14H12N2O3S. The zero-order valence-electron chi connectivity index (χ0n) is 10.4. The molecule has 0 unspecified atom stereocenters. The molecule has 2 N–H and O–H groups in total. The van der Waals surface area contributed by atoms with Crippen molar-refractivity contribution in [1.29, 1.82) is 5.26 Å². The number of nitrogens with zero attached hydrogens (tertiary/aromatic N) is 1. The van der Waals surface area contributed by atoms with Crippen LogP contribution in [0.25, 0.3) is 0 Å². The van der Waals surface area contributed by atoms with Crippen LogP contribution in [0.1, 0.15) is 12.0 Å². The molecule has 1 aromatic rings. The minimum atomic E-state index is -0.923. The molecule has 2 bridgehead atoms. The zero-order valence-corrected chi connectivity index (χ0v) is 11.3. The first kappa shape index (κ1) is 12.9. The molecule has 1 aromatic heterocycles. The minimum absolute atomic E-state index is 0.00778. The first-order valence-corrected chi connectivity index (χ1v) is 7.19. The number of carbonyl (C=O) groups is 2. The van der Waals surface area contributed by atoms with Gasteiger partial charge in [0.2, 0.25) is 5.91 Å². The van der Waals surface area contributed by atoms with Gasteiger partial charge < -0.3 is 10.4 Å². The smallest absolute Gasteiger partial charge is 0.307 e. The summed E-state index contributed by atoms with van der Waals surface area (Å²) >= 11 is 1.27. The van der Waals surface area contributed by atoms with E-state index in [1.54, 1.807) is 11.4 Å². The molecule has 2 aliphatic carbocycles. The Morgan fingerprint density at radius 3 is 2.70 bits per heavy atom. The third kappa shape index (κ3) is 1.91. The van der Waals surface area contributed by atoms with Crippen molar-refractivity contribution in [2.45, 2.75) is 6.42 Å². The molecule has 0 aliphatic heterocycles. The quantitative estimate of drug-likeness (QED) is 0.833. The molecule has 1 saturated carbocycles. The fraction of sp³-hybridized carbons (Fsp3) is 0.357. The fourth-order valence-electron chi connectivity index (χ4n) is 3.21. The van der Waals surface area contributed by atoms with Crippen LogP contribution in [0, 0.1) is 35.0 Å². The number of allylic oxidation sites excluding steroid dienone is 2. The van der Waals surface area contributed by atoms with E-state index < -0.39 is 17.8 Å². The first-order chi connectivity index (χ1) is 9.61. The van der Waals surface area contributed by atoms with Crippen LogP contribution in [-0.4, -0.2) is 17.0 Å². The maximum atomic E-state index is 12.4. The summed E-state index contributed by atoms with van der Waals surface area (Å²) in [7, 11) is 0. The van der Waals surface area contributed by atoms with E-state index in [2.05, 4.69) is 5.32 Å². The largest absolute Gasteiger partial charge is 0.481 e. The Kier molecular flexibility index (Phi) is 3.07. The van der Waals surface area contributed by atoms with E-state index in [1.807, 2.05) is 18.2 Å². The molecule has 20 heavy (non-hydrogen) atoms. The highest BCUT2D eigenvalue weighted by atomic mass is 32.1. The number of hydrogen-bond acceptors (Lipinski definition) is 4. The number of carboxylic acids is 1. The van der Waals surface area contributed by atoms with Crippen LogP contribution in [0.15, 0.2) is 23.6 Å². The number of fused-ring (bicyclic) bond motifs is 2. The van der Waals surface area contributed by atoms with E-state index >= 15 is 0 Å². The molecule has 3 rings (SSSR count). The number of rotatable bonds is 3. The van der Waals surface area contributed by atoms with Crippen molar-refractivity contribution in [2.75, 3.05) is 5.32 Å². The lowest BCUT2D eigenvalue weighted by Crippen LogP contribution is -2.36. The molecule has 0 spiro atoms. The van der Waals surface area contributed by atoms with E-state index in [0.29, 0.717) is 10.6 Å². The number of anilines is 1. The highest BCUT2D eigenvalue weighted by Gasteiger charge is 2.51. The topological polar surface area (TPSA) is 90.2 Å². The predicted octanol–water partition coefficient (Wildman–Crippen LogP) is 2.08. The van der Waals surface area contributed by atoms with Crippen molar-refractivity contribution < 1.29 is 14.7 Å². The minimum Gasteiger partial charge on any atom is -0.481 e. The maximum absolute atomic E-state index is 12.4. The van der Waals surface area contributed by atoms with Gasteiger partial charge >= 0.3 is 5.97 Å². The SMILES string of the molecule is N#Cc1ccsc1NC(=O)[C@H]1[C@H](C(=O)O)[C@H]2C=C[C@H]1C2. The number of nitriles is 1. The second kappa shape index (κ2) is 4.76. The lowest BCUT2D eigenvalue weighted by Gasteiger charge is -2.23. The highest BCUT2D eigenvalue weighted by Crippen LogP contribution is 2.48. The van der Waals surface area contributed by atoms with Crippen molar-refractivity contribution in [1.82, 2.24) is 0 Å². The molecule has 1 fully saturated rings. The van der Waals surface area contributed by atoms with Gasteiger partial charge in [-0.25, -0.2) is 0 Å². The summed E-state index contributed by atoms with van der Waals surface area (Å²) in [5.41, 5.74) is 0.411. The van der Waals surface area contributed by atoms with Gasteiger partial charge in [0.25, 0.3) is 0 Å². The van der Waals surface area contributed by atoms with Gasteiger partial charge in [0.1, 0.15) is 11.1 Å². The van der Waals surface area contributed by atoms with Gasteiger partial charge in [0.05, 0.1) is 17.4 Å². The van der Waals surface area contributed by atoms with Crippen LogP contribution >= 0.6 is 11.3 Å². The van der Waals surface area contributed by atoms with Crippen LogP contribution in [0.4, 0.5) is 5.00 Å². The number of hydrogen-bond donors (Lipinski definition) is 2. The van der Waals surface area contributed by atoms with Crippen molar-refractivity contribution in [3.8, 4) is 6.07 Å². The monoisotopic (exact) mass is 288 g/mol. The van der Waals surface area contributed by atoms with Crippen LogP contribution in [-0.2, 0) is 9.59 Å². The molecule has 1 amide bonds. The summed E-state index contributed by atoms with van der Waals surface area (Å²) in [6, 6.07) is 3.64. The number of amides is 1. The number of thiophene rings is 1. The zero-order chi connectivity index (χ0) is 14.3. The van der Waals surface area contributed by atoms with E-state index in [0.717, 1.165) is 6.42 Å². The van der Waals surface area contributed by atoms with Crippen molar-refractivity contribution >= 4 is 28.2 Å². The van der Waals surface area contributed by atoms with Crippen LogP contribution < -0.4 is 5.32 Å². The molecule has 2 aliphatic rings. The fourth-order valence-corrected chi connectivity index (χ4v) is 3.95. The van der Waals surface area contributed by atoms with Gasteiger partial charge in [-0.05, 0) is 29.7 Å². The summed E-state index contributed by atoms with van der Waals surface area (Å²) in [5, 5.41) is 23.2. The number of aliphatic carboxylic acids is 1. The molecular weight excluding hydrogens is 276 g/mol. The summed E-state index contributed by atoms with van der Waals surface area (Å²) < 4.78 is 0. The van der Waals surface area contributed by atoms with E-state index in [1.165, 1.54) is 11.3 Å². The molecule has 0 aromatic carbocycles. The van der Waals surface area contributed by atoms with Gasteiger partial charge in [-0.2, -0.15) is 5.26 Å². The van der Waals surface area contributed by atoms with Crippen molar-refractivity contribution in [2.24, 2.45) is 23.7 Å². The highest BCUT2D eigenvalue weighted by molar-refractivity contribution is 7.14. The molecule has 5 nitrogen and oxygen atoms in total. The van der Waals surface area contributed by atoms with Gasteiger partial charge in [-0.1, -0.05) is 12.2 Å². The predicted molar refractivity (Wildman–Crippen MR) is 73.0 cm³/mol. The number of nitrogens with one attached hydrogen (secondary N) is 1. The van der Waals surface area contributed by atoms with E-state index in [-0.39, 0.29) is 17.7 Å². The third-order valence-corrected chi connectivity index (χ3v) is 4.90. The summed E-state index contributed by atoms with van der Waals surface area (Å²) in [4.78, 5) is 23.7. The molecule has 0 radical (unpaired) electrons. The average Bonchev–Trinajstić information content (AvgIpc) is 3.12. The maximum Gasteiger partial charge on any atom is 0.307 e. The lowest BCUT2D eigenvalue weighted by atomic mass is 9.82. The third-order valence-electron chi connectivity index (χ3n) is 4.07. The Hall–Kier alpha value is -2.13. The lowest BCUT2D eigenvalue weighted by molar-refractivity contribution is -0.146. The van der Waals surface area contributed by atoms with Crippen LogP contribution in [0.3, 0.4) is 0 Å². The molecule has 1 heterocycles. The van der Waals surface area contributed by atoms with E-state index in [4.69, 9.17) is 5.26 Å². The Bertz CT molecular complexity index is 643. The molecule has 6 heteroatoms. The molecule has 102 valence electrons. The Morgan fingerprint density at radius 1 is 1.35 bits per heavy atom. The van der Waals surface area contributed by atoms with E-state index in [9.17, 15) is 14.7 Å².